The first kappa shape index (κ1) is 21.4. The Morgan fingerprint density at radius 1 is 1.15 bits per heavy atom. The third-order valence-electron chi connectivity index (χ3n) is 4.27. The molecule has 2 unspecified atom stereocenters. The molecule has 5 nitrogen and oxygen atoms in total. The quantitative estimate of drug-likeness (QED) is 0.520. The van der Waals surface area contributed by atoms with E-state index >= 15 is 0 Å². The molecule has 2 N–H and O–H groups in total. The molecule has 148 valence electrons. The SMILES string of the molecule is CCC(CS(=O)(=O)c1ccccc1)NC(=NC)NC(C)Cc1ccc(C)s1. The molecule has 2 aromatic rings. The van der Waals surface area contributed by atoms with Crippen LogP contribution in [0.15, 0.2) is 52.4 Å². The van der Waals surface area contributed by atoms with Crippen LogP contribution in [0.1, 0.15) is 30.0 Å². The van der Waals surface area contributed by atoms with Crippen LogP contribution in [-0.4, -0.2) is 39.3 Å². The summed E-state index contributed by atoms with van der Waals surface area (Å²) in [6.45, 7) is 6.18. The first-order valence-corrected chi connectivity index (χ1v) is 11.6. The van der Waals surface area contributed by atoms with Gasteiger partial charge in [-0.25, -0.2) is 8.42 Å². The van der Waals surface area contributed by atoms with Gasteiger partial charge in [0.25, 0.3) is 0 Å². The van der Waals surface area contributed by atoms with Gasteiger partial charge in [0.05, 0.1) is 10.6 Å². The van der Waals surface area contributed by atoms with Gasteiger partial charge in [0.2, 0.25) is 0 Å². The van der Waals surface area contributed by atoms with Gasteiger partial charge in [-0.15, -0.1) is 11.3 Å². The Morgan fingerprint density at radius 2 is 1.85 bits per heavy atom. The Morgan fingerprint density at radius 3 is 2.41 bits per heavy atom. The number of sulfone groups is 1. The summed E-state index contributed by atoms with van der Waals surface area (Å²) in [4.78, 5) is 7.25. The zero-order valence-corrected chi connectivity index (χ0v) is 18.0. The standard InChI is InChI=1S/C20H29N3O2S2/c1-5-17(14-27(24,25)19-9-7-6-8-10-19)23-20(21-4)22-15(2)13-18-12-11-16(3)26-18/h6-12,15,17H,5,13-14H2,1-4H3,(H2,21,22,23). The van der Waals surface area contributed by atoms with Gasteiger partial charge in [-0.2, -0.15) is 0 Å². The van der Waals surface area contributed by atoms with Crippen LogP contribution in [0, 0.1) is 6.92 Å². The van der Waals surface area contributed by atoms with E-state index in [0.29, 0.717) is 17.3 Å². The third kappa shape index (κ3) is 6.66. The number of hydrogen-bond donors (Lipinski definition) is 2. The van der Waals surface area contributed by atoms with Crippen molar-refractivity contribution >= 4 is 27.1 Å². The maximum absolute atomic E-state index is 12.6. The molecule has 0 aliphatic heterocycles. The van der Waals surface area contributed by atoms with E-state index in [9.17, 15) is 8.42 Å². The van der Waals surface area contributed by atoms with E-state index in [1.54, 1.807) is 42.6 Å². The lowest BCUT2D eigenvalue weighted by atomic mass is 10.2. The monoisotopic (exact) mass is 407 g/mol. The smallest absolute Gasteiger partial charge is 0.191 e. The second kappa shape index (κ2) is 9.90. The van der Waals surface area contributed by atoms with Crippen molar-refractivity contribution in [2.45, 2.75) is 50.6 Å². The van der Waals surface area contributed by atoms with Gasteiger partial charge in [0, 0.05) is 35.3 Å². The molecule has 0 saturated carbocycles. The molecule has 0 aliphatic carbocycles. The predicted octanol–water partition coefficient (Wildman–Crippen LogP) is 3.41. The van der Waals surface area contributed by atoms with Gasteiger partial charge in [0.1, 0.15) is 0 Å². The Labute approximate surface area is 166 Å². The number of rotatable bonds is 8. The molecule has 0 fully saturated rings. The number of hydrogen-bond acceptors (Lipinski definition) is 4. The zero-order chi connectivity index (χ0) is 19.9. The number of aliphatic imine (C=N–C) groups is 1. The van der Waals surface area contributed by atoms with Crippen molar-refractivity contribution in [3.8, 4) is 0 Å². The Balaban J connectivity index is 1.96. The summed E-state index contributed by atoms with van der Waals surface area (Å²) in [6.07, 6.45) is 1.59. The molecule has 0 aliphatic rings. The summed E-state index contributed by atoms with van der Waals surface area (Å²) in [7, 11) is -1.64. The van der Waals surface area contributed by atoms with Crippen molar-refractivity contribution in [1.29, 1.82) is 0 Å². The van der Waals surface area contributed by atoms with Gasteiger partial charge in [-0.05, 0) is 44.5 Å². The van der Waals surface area contributed by atoms with Crippen molar-refractivity contribution in [2.75, 3.05) is 12.8 Å². The Hall–Kier alpha value is -1.86. The average molecular weight is 408 g/mol. The summed E-state index contributed by atoms with van der Waals surface area (Å²) in [5, 5.41) is 6.63. The Bertz CT molecular complexity index is 845. The molecule has 0 spiro atoms. The minimum atomic E-state index is -3.34. The number of aryl methyl sites for hydroxylation is 1. The molecule has 7 heteroatoms. The minimum Gasteiger partial charge on any atom is -0.354 e. The average Bonchev–Trinajstić information content (AvgIpc) is 3.05. The number of nitrogens with zero attached hydrogens (tertiary/aromatic N) is 1. The molecule has 0 saturated heterocycles. The molecule has 1 heterocycles. The molecule has 0 amide bonds. The van der Waals surface area contributed by atoms with Gasteiger partial charge in [-0.1, -0.05) is 25.1 Å². The maximum atomic E-state index is 12.6. The molecular formula is C20H29N3O2S2. The number of nitrogens with one attached hydrogen (secondary N) is 2. The Kier molecular flexibility index (Phi) is 7.86. The van der Waals surface area contributed by atoms with Crippen LogP contribution in [-0.2, 0) is 16.3 Å². The lowest BCUT2D eigenvalue weighted by molar-refractivity contribution is 0.562. The molecule has 27 heavy (non-hydrogen) atoms. The molecule has 1 aromatic carbocycles. The number of benzene rings is 1. The topological polar surface area (TPSA) is 70.6 Å². The lowest BCUT2D eigenvalue weighted by Gasteiger charge is -2.23. The van der Waals surface area contributed by atoms with Crippen LogP contribution in [0.4, 0.5) is 0 Å². The van der Waals surface area contributed by atoms with E-state index in [4.69, 9.17) is 0 Å². The van der Waals surface area contributed by atoms with E-state index in [1.807, 2.05) is 13.0 Å². The van der Waals surface area contributed by atoms with E-state index in [2.05, 4.69) is 41.6 Å². The summed E-state index contributed by atoms with van der Waals surface area (Å²) in [6, 6.07) is 12.8. The summed E-state index contributed by atoms with van der Waals surface area (Å²) >= 11 is 1.80. The number of guanidine groups is 1. The number of thiophene rings is 1. The van der Waals surface area contributed by atoms with Crippen molar-refractivity contribution < 1.29 is 8.42 Å². The van der Waals surface area contributed by atoms with E-state index in [-0.39, 0.29) is 17.8 Å². The van der Waals surface area contributed by atoms with E-state index < -0.39 is 9.84 Å². The van der Waals surface area contributed by atoms with E-state index in [1.165, 1.54) is 9.75 Å². The third-order valence-corrected chi connectivity index (χ3v) is 7.12. The van der Waals surface area contributed by atoms with Crippen LogP contribution in [0.5, 0.6) is 0 Å². The van der Waals surface area contributed by atoms with Crippen LogP contribution >= 0.6 is 11.3 Å². The largest absolute Gasteiger partial charge is 0.354 e. The molecule has 0 radical (unpaired) electrons. The molecule has 2 atom stereocenters. The second-order valence-corrected chi connectivity index (χ2v) is 10.1. The highest BCUT2D eigenvalue weighted by molar-refractivity contribution is 7.91. The predicted molar refractivity (Wildman–Crippen MR) is 114 cm³/mol. The molecule has 1 aromatic heterocycles. The van der Waals surface area contributed by atoms with Gasteiger partial charge in [-0.3, -0.25) is 4.99 Å². The van der Waals surface area contributed by atoms with Crippen molar-refractivity contribution in [1.82, 2.24) is 10.6 Å². The fraction of sp³-hybridized carbons (Fsp3) is 0.450. The van der Waals surface area contributed by atoms with Crippen molar-refractivity contribution in [2.24, 2.45) is 4.99 Å². The normalized spacial score (nSPS) is 14.6. The zero-order valence-electron chi connectivity index (χ0n) is 16.4. The fourth-order valence-electron chi connectivity index (χ4n) is 2.80. The molecule has 2 rings (SSSR count). The molecular weight excluding hydrogens is 378 g/mol. The second-order valence-electron chi connectivity index (χ2n) is 6.68. The van der Waals surface area contributed by atoms with Crippen LogP contribution in [0.2, 0.25) is 0 Å². The van der Waals surface area contributed by atoms with Crippen LogP contribution < -0.4 is 10.6 Å². The lowest BCUT2D eigenvalue weighted by Crippen LogP contribution is -2.49. The van der Waals surface area contributed by atoms with Crippen LogP contribution in [0.25, 0.3) is 0 Å². The van der Waals surface area contributed by atoms with Gasteiger partial charge < -0.3 is 10.6 Å². The van der Waals surface area contributed by atoms with Gasteiger partial charge >= 0.3 is 0 Å². The first-order chi connectivity index (χ1) is 12.8. The summed E-state index contributed by atoms with van der Waals surface area (Å²) in [5.41, 5.74) is 0. The first-order valence-electron chi connectivity index (χ1n) is 9.17. The molecule has 0 bridgehead atoms. The minimum absolute atomic E-state index is 0.0344. The van der Waals surface area contributed by atoms with Crippen molar-refractivity contribution in [3.63, 3.8) is 0 Å². The maximum Gasteiger partial charge on any atom is 0.191 e. The fourth-order valence-corrected chi connectivity index (χ4v) is 5.43. The van der Waals surface area contributed by atoms with Crippen molar-refractivity contribution in [3.05, 3.63) is 52.2 Å². The highest BCUT2D eigenvalue weighted by atomic mass is 32.2. The summed E-state index contributed by atoms with van der Waals surface area (Å²) < 4.78 is 25.3. The highest BCUT2D eigenvalue weighted by Gasteiger charge is 2.21. The van der Waals surface area contributed by atoms with Crippen LogP contribution in [0.3, 0.4) is 0 Å². The summed E-state index contributed by atoms with van der Waals surface area (Å²) in [5.74, 6) is 0.665. The highest BCUT2D eigenvalue weighted by Crippen LogP contribution is 2.17. The van der Waals surface area contributed by atoms with E-state index in [0.717, 1.165) is 6.42 Å². The van der Waals surface area contributed by atoms with Gasteiger partial charge in [0.15, 0.2) is 15.8 Å².